The molecule has 0 atom stereocenters. The molecule has 0 aliphatic carbocycles. The van der Waals surface area contributed by atoms with Crippen molar-refractivity contribution in [2.75, 3.05) is 0 Å². The number of aromatic nitrogens is 2. The van der Waals surface area contributed by atoms with Crippen molar-refractivity contribution < 1.29 is 4.42 Å². The molecule has 7 heteroatoms. The van der Waals surface area contributed by atoms with E-state index < -0.39 is 0 Å². The van der Waals surface area contributed by atoms with Gasteiger partial charge in [-0.05, 0) is 30.3 Å². The minimum Gasteiger partial charge on any atom is -0.462 e. The minimum absolute atomic E-state index is 0.719. The molecule has 4 rings (SSSR count). The number of hydrogen-bond donors (Lipinski definition) is 0. The Morgan fingerprint density at radius 2 is 2.18 bits per heavy atom. The maximum Gasteiger partial charge on any atom is 0.162 e. The Hall–Kier alpha value is -1.34. The zero-order valence-electron chi connectivity index (χ0n) is 11.2. The van der Waals surface area contributed by atoms with Crippen LogP contribution in [0.25, 0.3) is 21.0 Å². The molecule has 0 aliphatic rings. The largest absolute Gasteiger partial charge is 0.462 e. The summed E-state index contributed by atoms with van der Waals surface area (Å²) in [5.74, 6) is 1.61. The fourth-order valence-electron chi connectivity index (χ4n) is 1.96. The molecule has 0 spiro atoms. The quantitative estimate of drug-likeness (QED) is 0.419. The molecule has 3 nitrogen and oxygen atoms in total. The summed E-state index contributed by atoms with van der Waals surface area (Å²) in [7, 11) is 0. The molecule has 1 aromatic carbocycles. The number of furan rings is 1. The first-order valence-corrected chi connectivity index (χ1v) is 9.51. The molecule has 3 heterocycles. The van der Waals surface area contributed by atoms with Crippen molar-refractivity contribution in [3.8, 4) is 10.8 Å². The molecule has 0 amide bonds. The standard InChI is InChI=1S/C15H9ClN2OS3/c16-9-3-4-13-11(6-9)18-15(22-13)21-8-10-7-20-14(17-10)12-2-1-5-19-12/h1-7H,8H2. The van der Waals surface area contributed by atoms with Crippen LogP contribution in [0.3, 0.4) is 0 Å². The van der Waals surface area contributed by atoms with Crippen LogP contribution in [0.2, 0.25) is 5.02 Å². The Morgan fingerprint density at radius 1 is 1.23 bits per heavy atom. The maximum absolute atomic E-state index is 5.99. The van der Waals surface area contributed by atoms with Crippen LogP contribution < -0.4 is 0 Å². The van der Waals surface area contributed by atoms with Gasteiger partial charge in [-0.25, -0.2) is 9.97 Å². The zero-order valence-corrected chi connectivity index (χ0v) is 14.4. The van der Waals surface area contributed by atoms with E-state index in [1.54, 1.807) is 40.7 Å². The summed E-state index contributed by atoms with van der Waals surface area (Å²) in [4.78, 5) is 9.19. The number of thioether (sulfide) groups is 1. The molecule has 3 aromatic heterocycles. The molecule has 0 radical (unpaired) electrons. The second-order valence-corrected chi connectivity index (χ2v) is 8.05. The summed E-state index contributed by atoms with van der Waals surface area (Å²) in [6, 6.07) is 9.60. The van der Waals surface area contributed by atoms with Gasteiger partial charge in [-0.3, -0.25) is 0 Å². The summed E-state index contributed by atoms with van der Waals surface area (Å²) < 4.78 is 7.55. The van der Waals surface area contributed by atoms with Gasteiger partial charge in [0.15, 0.2) is 15.1 Å². The average Bonchev–Trinajstić information content (AvgIpc) is 3.24. The first kappa shape index (κ1) is 14.3. The minimum atomic E-state index is 0.719. The van der Waals surface area contributed by atoms with Crippen LogP contribution in [0.5, 0.6) is 0 Å². The predicted octanol–water partition coefficient (Wildman–Crippen LogP) is 5.96. The van der Waals surface area contributed by atoms with Gasteiger partial charge < -0.3 is 4.42 Å². The molecule has 0 saturated carbocycles. The van der Waals surface area contributed by atoms with Gasteiger partial charge in [0.2, 0.25) is 0 Å². The molecule has 4 aromatic rings. The molecule has 0 N–H and O–H groups in total. The van der Waals surface area contributed by atoms with Gasteiger partial charge in [-0.15, -0.1) is 22.7 Å². The number of benzene rings is 1. The molecule has 110 valence electrons. The normalized spacial score (nSPS) is 11.3. The Morgan fingerprint density at radius 3 is 3.05 bits per heavy atom. The lowest BCUT2D eigenvalue weighted by Crippen LogP contribution is -1.80. The molecular weight excluding hydrogens is 356 g/mol. The molecule has 0 fully saturated rings. The second-order valence-electron chi connectivity index (χ2n) is 4.50. The van der Waals surface area contributed by atoms with Crippen molar-refractivity contribution in [1.29, 1.82) is 0 Å². The number of thiazole rings is 2. The zero-order chi connectivity index (χ0) is 14.9. The number of fused-ring (bicyclic) bond motifs is 1. The van der Waals surface area contributed by atoms with E-state index in [1.807, 2.05) is 30.3 Å². The van der Waals surface area contributed by atoms with Crippen molar-refractivity contribution in [2.45, 2.75) is 10.1 Å². The average molecular weight is 365 g/mol. The monoisotopic (exact) mass is 364 g/mol. The van der Waals surface area contributed by atoms with E-state index in [0.29, 0.717) is 0 Å². The SMILES string of the molecule is Clc1ccc2sc(SCc3csc(-c4ccco4)n3)nc2c1. The molecule has 0 saturated heterocycles. The fraction of sp³-hybridized carbons (Fsp3) is 0.0667. The third-order valence-corrected chi connectivity index (χ3v) is 6.31. The van der Waals surface area contributed by atoms with Crippen LogP contribution in [0.1, 0.15) is 5.69 Å². The number of nitrogens with zero attached hydrogens (tertiary/aromatic N) is 2. The van der Waals surface area contributed by atoms with Crippen molar-refractivity contribution in [1.82, 2.24) is 9.97 Å². The Balaban J connectivity index is 1.49. The van der Waals surface area contributed by atoms with E-state index in [2.05, 4.69) is 15.3 Å². The van der Waals surface area contributed by atoms with E-state index in [0.717, 1.165) is 41.8 Å². The van der Waals surface area contributed by atoms with E-state index in [1.165, 1.54) is 0 Å². The summed E-state index contributed by atoms with van der Waals surface area (Å²) >= 11 is 11.0. The Kier molecular flexibility index (Phi) is 3.92. The van der Waals surface area contributed by atoms with Gasteiger partial charge in [0, 0.05) is 16.2 Å². The van der Waals surface area contributed by atoms with Gasteiger partial charge in [0.1, 0.15) is 0 Å². The van der Waals surface area contributed by atoms with Crippen LogP contribution >= 0.6 is 46.0 Å². The molecule has 0 bridgehead atoms. The summed E-state index contributed by atoms with van der Waals surface area (Å²) in [5, 5.41) is 3.70. The highest BCUT2D eigenvalue weighted by molar-refractivity contribution is 8.00. The number of hydrogen-bond acceptors (Lipinski definition) is 6. The van der Waals surface area contributed by atoms with Crippen molar-refractivity contribution >= 4 is 56.3 Å². The molecule has 0 aliphatic heterocycles. The summed E-state index contributed by atoms with van der Waals surface area (Å²) in [5.41, 5.74) is 1.99. The maximum atomic E-state index is 5.99. The Bertz CT molecular complexity index is 914. The van der Waals surface area contributed by atoms with E-state index in [4.69, 9.17) is 16.0 Å². The third-order valence-electron chi connectivity index (χ3n) is 2.96. The molecular formula is C15H9ClN2OS3. The van der Waals surface area contributed by atoms with Gasteiger partial charge >= 0.3 is 0 Å². The second kappa shape index (κ2) is 6.04. The lowest BCUT2D eigenvalue weighted by atomic mass is 10.3. The van der Waals surface area contributed by atoms with Gasteiger partial charge in [-0.2, -0.15) is 0 Å². The number of halogens is 1. The van der Waals surface area contributed by atoms with Crippen molar-refractivity contribution in [2.24, 2.45) is 0 Å². The summed E-state index contributed by atoms with van der Waals surface area (Å²) in [6.07, 6.45) is 1.66. The van der Waals surface area contributed by atoms with Crippen molar-refractivity contribution in [3.63, 3.8) is 0 Å². The third kappa shape index (κ3) is 2.92. The highest BCUT2D eigenvalue weighted by Crippen LogP contribution is 2.33. The lowest BCUT2D eigenvalue weighted by molar-refractivity contribution is 0.581. The fourth-order valence-corrected chi connectivity index (χ4v) is 4.96. The van der Waals surface area contributed by atoms with Gasteiger partial charge in [0.05, 0.1) is 22.2 Å². The first-order valence-electron chi connectivity index (χ1n) is 6.45. The van der Waals surface area contributed by atoms with Crippen molar-refractivity contribution in [3.05, 3.63) is 52.7 Å². The molecule has 22 heavy (non-hydrogen) atoms. The lowest BCUT2D eigenvalue weighted by Gasteiger charge is -1.92. The summed E-state index contributed by atoms with van der Waals surface area (Å²) in [6.45, 7) is 0. The topological polar surface area (TPSA) is 38.9 Å². The van der Waals surface area contributed by atoms with Crippen LogP contribution in [-0.2, 0) is 5.75 Å². The first-order chi connectivity index (χ1) is 10.8. The van der Waals surface area contributed by atoms with Gasteiger partial charge in [-0.1, -0.05) is 23.4 Å². The van der Waals surface area contributed by atoms with E-state index in [9.17, 15) is 0 Å². The van der Waals surface area contributed by atoms with E-state index >= 15 is 0 Å². The predicted molar refractivity (Wildman–Crippen MR) is 94.0 cm³/mol. The van der Waals surface area contributed by atoms with Crippen LogP contribution in [0, 0.1) is 0 Å². The van der Waals surface area contributed by atoms with Crippen LogP contribution in [-0.4, -0.2) is 9.97 Å². The molecule has 0 unspecified atom stereocenters. The van der Waals surface area contributed by atoms with E-state index in [-0.39, 0.29) is 0 Å². The van der Waals surface area contributed by atoms with Gasteiger partial charge in [0.25, 0.3) is 0 Å². The highest BCUT2D eigenvalue weighted by Gasteiger charge is 2.09. The smallest absolute Gasteiger partial charge is 0.162 e. The van der Waals surface area contributed by atoms with Crippen LogP contribution in [0.15, 0.2) is 50.7 Å². The van der Waals surface area contributed by atoms with Crippen LogP contribution in [0.4, 0.5) is 0 Å². The Labute approximate surface area is 144 Å². The number of rotatable bonds is 4. The highest BCUT2D eigenvalue weighted by atomic mass is 35.5.